The third-order valence-electron chi connectivity index (χ3n) is 4.60. The highest BCUT2D eigenvalue weighted by atomic mass is 16.5. The van der Waals surface area contributed by atoms with Crippen LogP contribution in [-0.4, -0.2) is 31.2 Å². The fraction of sp³-hybridized carbons (Fsp3) is 0.933. The second-order valence-corrected chi connectivity index (χ2v) is 6.13. The van der Waals surface area contributed by atoms with Crippen molar-refractivity contribution < 1.29 is 9.53 Å². The smallest absolute Gasteiger partial charge is 0.220 e. The Balaban J connectivity index is 1.57. The molecule has 2 saturated carbocycles. The lowest BCUT2D eigenvalue weighted by Crippen LogP contribution is -2.42. The van der Waals surface area contributed by atoms with Crippen molar-refractivity contribution in [2.24, 2.45) is 17.6 Å². The van der Waals surface area contributed by atoms with Crippen molar-refractivity contribution in [3.8, 4) is 0 Å². The molecule has 0 bridgehead atoms. The maximum Gasteiger partial charge on any atom is 0.220 e. The Bertz CT molecular complexity index is 290. The molecule has 2 aliphatic rings. The lowest BCUT2D eigenvalue weighted by Gasteiger charge is -2.34. The first-order valence-electron chi connectivity index (χ1n) is 7.83. The summed E-state index contributed by atoms with van der Waals surface area (Å²) in [6.07, 6.45) is 7.92. The van der Waals surface area contributed by atoms with Gasteiger partial charge in [-0.05, 0) is 44.4 Å². The number of hydrogen-bond acceptors (Lipinski definition) is 3. The van der Waals surface area contributed by atoms with Crippen LogP contribution in [0.2, 0.25) is 0 Å². The summed E-state index contributed by atoms with van der Waals surface area (Å²) in [5, 5.41) is 3.07. The van der Waals surface area contributed by atoms with E-state index >= 15 is 0 Å². The summed E-state index contributed by atoms with van der Waals surface area (Å²) in [4.78, 5) is 11.9. The molecular weight excluding hydrogens is 240 g/mol. The van der Waals surface area contributed by atoms with Crippen LogP contribution in [0.15, 0.2) is 0 Å². The van der Waals surface area contributed by atoms with Crippen molar-refractivity contribution in [2.45, 2.75) is 64.0 Å². The van der Waals surface area contributed by atoms with Gasteiger partial charge in [-0.1, -0.05) is 12.8 Å². The first kappa shape index (κ1) is 14.8. The van der Waals surface area contributed by atoms with E-state index in [-0.39, 0.29) is 11.9 Å². The quantitative estimate of drug-likeness (QED) is 0.772. The molecule has 3 N–H and O–H groups in total. The SMILES string of the molecule is CCOC1CC(CC(=O)NCC2CCCCC2N)C1. The van der Waals surface area contributed by atoms with Gasteiger partial charge in [0.1, 0.15) is 0 Å². The third-order valence-corrected chi connectivity index (χ3v) is 4.60. The minimum absolute atomic E-state index is 0.192. The molecule has 0 radical (unpaired) electrons. The molecule has 0 aromatic carbocycles. The third kappa shape index (κ3) is 4.46. The first-order chi connectivity index (χ1) is 9.19. The van der Waals surface area contributed by atoms with Gasteiger partial charge in [0, 0.05) is 25.6 Å². The Labute approximate surface area is 116 Å². The van der Waals surface area contributed by atoms with Crippen LogP contribution in [0.25, 0.3) is 0 Å². The largest absolute Gasteiger partial charge is 0.378 e. The van der Waals surface area contributed by atoms with Crippen LogP contribution < -0.4 is 11.1 Å². The normalized spacial score (nSPS) is 34.6. The van der Waals surface area contributed by atoms with Gasteiger partial charge < -0.3 is 15.8 Å². The van der Waals surface area contributed by atoms with Crippen LogP contribution in [0.4, 0.5) is 0 Å². The van der Waals surface area contributed by atoms with Gasteiger partial charge in [-0.15, -0.1) is 0 Å². The highest BCUT2D eigenvalue weighted by Gasteiger charge is 2.31. The molecule has 2 rings (SSSR count). The molecule has 0 spiro atoms. The zero-order valence-corrected chi connectivity index (χ0v) is 12.1. The highest BCUT2D eigenvalue weighted by Crippen LogP contribution is 2.32. The lowest BCUT2D eigenvalue weighted by atomic mass is 9.79. The Hall–Kier alpha value is -0.610. The standard InChI is InChI=1S/C15H28N2O2/c1-2-19-13-7-11(8-13)9-15(18)17-10-12-5-3-4-6-14(12)16/h11-14H,2-10,16H2,1H3,(H,17,18). The second kappa shape index (κ2) is 7.25. The number of hydrogen-bond donors (Lipinski definition) is 2. The molecule has 2 atom stereocenters. The van der Waals surface area contributed by atoms with Gasteiger partial charge in [0.25, 0.3) is 0 Å². The molecule has 2 fully saturated rings. The number of nitrogens with one attached hydrogen (secondary N) is 1. The second-order valence-electron chi connectivity index (χ2n) is 6.13. The molecule has 0 aromatic heterocycles. The van der Waals surface area contributed by atoms with E-state index in [0.29, 0.717) is 24.4 Å². The zero-order chi connectivity index (χ0) is 13.7. The Morgan fingerprint density at radius 2 is 2.05 bits per heavy atom. The van der Waals surface area contributed by atoms with Crippen LogP contribution >= 0.6 is 0 Å². The first-order valence-corrected chi connectivity index (χ1v) is 7.83. The molecule has 1 amide bonds. The van der Waals surface area contributed by atoms with E-state index in [2.05, 4.69) is 5.32 Å². The summed E-state index contributed by atoms with van der Waals surface area (Å²) in [6, 6.07) is 0.278. The number of ether oxygens (including phenoxy) is 1. The summed E-state index contributed by atoms with van der Waals surface area (Å²) in [5.41, 5.74) is 6.09. The topological polar surface area (TPSA) is 64.3 Å². The van der Waals surface area contributed by atoms with Crippen molar-refractivity contribution in [3.63, 3.8) is 0 Å². The Morgan fingerprint density at radius 1 is 1.32 bits per heavy atom. The minimum atomic E-state index is 0.192. The van der Waals surface area contributed by atoms with Crippen molar-refractivity contribution >= 4 is 5.91 Å². The predicted octanol–water partition coefficient (Wildman–Crippen LogP) is 1.83. The molecule has 0 saturated heterocycles. The Morgan fingerprint density at radius 3 is 2.74 bits per heavy atom. The van der Waals surface area contributed by atoms with E-state index in [1.165, 1.54) is 12.8 Å². The molecule has 0 heterocycles. The lowest BCUT2D eigenvalue weighted by molar-refractivity contribution is -0.124. The van der Waals surface area contributed by atoms with Crippen LogP contribution in [0.3, 0.4) is 0 Å². The van der Waals surface area contributed by atoms with Crippen LogP contribution in [0, 0.1) is 11.8 Å². The average Bonchev–Trinajstić information content (AvgIpc) is 2.35. The molecule has 4 heteroatoms. The van der Waals surface area contributed by atoms with Gasteiger partial charge >= 0.3 is 0 Å². The maximum atomic E-state index is 11.9. The average molecular weight is 268 g/mol. The van der Waals surface area contributed by atoms with Gasteiger partial charge in [0.15, 0.2) is 0 Å². The van der Waals surface area contributed by atoms with E-state index in [4.69, 9.17) is 10.5 Å². The molecule has 0 aromatic rings. The maximum absolute atomic E-state index is 11.9. The van der Waals surface area contributed by atoms with E-state index in [0.717, 1.165) is 38.8 Å². The summed E-state index contributed by atoms with van der Waals surface area (Å²) in [5.74, 6) is 1.20. The summed E-state index contributed by atoms with van der Waals surface area (Å²) >= 11 is 0. The van der Waals surface area contributed by atoms with E-state index in [1.807, 2.05) is 6.92 Å². The van der Waals surface area contributed by atoms with Gasteiger partial charge in [0.05, 0.1) is 6.10 Å². The van der Waals surface area contributed by atoms with Crippen molar-refractivity contribution in [3.05, 3.63) is 0 Å². The van der Waals surface area contributed by atoms with E-state index in [9.17, 15) is 4.79 Å². The van der Waals surface area contributed by atoms with E-state index < -0.39 is 0 Å². The molecule has 19 heavy (non-hydrogen) atoms. The minimum Gasteiger partial charge on any atom is -0.378 e. The van der Waals surface area contributed by atoms with Crippen LogP contribution in [-0.2, 0) is 9.53 Å². The van der Waals surface area contributed by atoms with Gasteiger partial charge in [-0.25, -0.2) is 0 Å². The van der Waals surface area contributed by atoms with Crippen molar-refractivity contribution in [1.82, 2.24) is 5.32 Å². The van der Waals surface area contributed by atoms with Gasteiger partial charge in [-0.2, -0.15) is 0 Å². The molecule has 0 aliphatic heterocycles. The van der Waals surface area contributed by atoms with Crippen LogP contribution in [0.1, 0.15) is 51.9 Å². The zero-order valence-electron chi connectivity index (χ0n) is 12.1. The highest BCUT2D eigenvalue weighted by molar-refractivity contribution is 5.76. The fourth-order valence-electron chi connectivity index (χ4n) is 3.28. The molecule has 2 aliphatic carbocycles. The Kier molecular flexibility index (Phi) is 5.64. The molecule has 110 valence electrons. The fourth-order valence-corrected chi connectivity index (χ4v) is 3.28. The van der Waals surface area contributed by atoms with Crippen LogP contribution in [0.5, 0.6) is 0 Å². The summed E-state index contributed by atoms with van der Waals surface area (Å²) in [7, 11) is 0. The monoisotopic (exact) mass is 268 g/mol. The number of amides is 1. The predicted molar refractivity (Wildman–Crippen MR) is 75.7 cm³/mol. The summed E-state index contributed by atoms with van der Waals surface area (Å²) in [6.45, 7) is 3.57. The van der Waals surface area contributed by atoms with Gasteiger partial charge in [-0.3, -0.25) is 4.79 Å². The van der Waals surface area contributed by atoms with E-state index in [1.54, 1.807) is 0 Å². The number of rotatable bonds is 6. The van der Waals surface area contributed by atoms with Crippen molar-refractivity contribution in [2.75, 3.05) is 13.2 Å². The van der Waals surface area contributed by atoms with Gasteiger partial charge in [0.2, 0.25) is 5.91 Å². The molecular formula is C15H28N2O2. The number of nitrogens with two attached hydrogens (primary N) is 1. The number of carbonyl (C=O) groups is 1. The number of carbonyl (C=O) groups excluding carboxylic acids is 1. The molecule has 2 unspecified atom stereocenters. The van der Waals surface area contributed by atoms with Crippen molar-refractivity contribution in [1.29, 1.82) is 0 Å². The summed E-state index contributed by atoms with van der Waals surface area (Å²) < 4.78 is 5.51. The molecule has 4 nitrogen and oxygen atoms in total.